The van der Waals surface area contributed by atoms with Crippen molar-refractivity contribution in [3.63, 3.8) is 0 Å². The standard InChI is InChI=1S/C36H53N7O10S2/c1-43(2)17-18-54-21-25(37)33(48)38-15-6-5-7-26(41-30(46)12-9-23-8-11-28(44)29(45)19-23)34(49)39-16-14-31(47)42-27(36(51)53-4)22-55-32-13-10-24(20-40-32)35(50)52-3/h8-9,11-13,19-20,24-27,44-45H,5-7,10,14-18,21-22,37H2,1-4H3,(H,38,48)(H,39,49)(H,41,46)(H,42,47)/b12-9+/t24?,25-,26-,27-/m0/s1. The van der Waals surface area contributed by atoms with E-state index in [0.717, 1.165) is 12.3 Å². The van der Waals surface area contributed by atoms with Gasteiger partial charge in [0.15, 0.2) is 11.5 Å². The Morgan fingerprint density at radius 3 is 2.38 bits per heavy atom. The first-order valence-corrected chi connectivity index (χ1v) is 19.7. The predicted molar refractivity (Wildman–Crippen MR) is 212 cm³/mol. The van der Waals surface area contributed by atoms with Crippen LogP contribution in [0.5, 0.6) is 11.5 Å². The van der Waals surface area contributed by atoms with Crippen molar-refractivity contribution < 1.29 is 48.5 Å². The van der Waals surface area contributed by atoms with Crippen LogP contribution in [0.15, 0.2) is 40.4 Å². The lowest BCUT2D eigenvalue weighted by molar-refractivity contribution is -0.144. The number of unbranched alkanes of at least 4 members (excludes halogenated alkanes) is 1. The highest BCUT2D eigenvalue weighted by Gasteiger charge is 2.25. The molecule has 0 radical (unpaired) electrons. The second-order valence-electron chi connectivity index (χ2n) is 12.6. The van der Waals surface area contributed by atoms with Crippen LogP contribution in [0.1, 0.15) is 37.7 Å². The van der Waals surface area contributed by atoms with E-state index in [1.54, 1.807) is 17.8 Å². The molecule has 1 aliphatic rings. The summed E-state index contributed by atoms with van der Waals surface area (Å²) in [5, 5.41) is 30.5. The number of nitrogens with zero attached hydrogens (tertiary/aromatic N) is 2. The summed E-state index contributed by atoms with van der Waals surface area (Å²) in [7, 11) is 6.43. The molecule has 1 aromatic carbocycles. The summed E-state index contributed by atoms with van der Waals surface area (Å²) in [6.07, 6.45) is 7.14. The van der Waals surface area contributed by atoms with Crippen LogP contribution in [0.3, 0.4) is 0 Å². The number of amides is 4. The molecule has 1 aromatic rings. The van der Waals surface area contributed by atoms with E-state index in [1.807, 2.05) is 19.0 Å². The minimum absolute atomic E-state index is 0.102. The van der Waals surface area contributed by atoms with Crippen molar-refractivity contribution >= 4 is 71.4 Å². The van der Waals surface area contributed by atoms with Crippen LogP contribution in [-0.4, -0.2) is 140 Å². The van der Waals surface area contributed by atoms with E-state index in [9.17, 15) is 39.0 Å². The third-order valence-electron chi connectivity index (χ3n) is 7.90. The second-order valence-corrected chi connectivity index (χ2v) is 14.8. The lowest BCUT2D eigenvalue weighted by Gasteiger charge is -2.19. The van der Waals surface area contributed by atoms with Crippen molar-refractivity contribution in [1.29, 1.82) is 0 Å². The molecule has 1 unspecified atom stereocenters. The number of carbonyl (C=O) groups excluding carboxylic acids is 6. The number of ether oxygens (including phenoxy) is 2. The Morgan fingerprint density at radius 2 is 1.73 bits per heavy atom. The van der Waals surface area contributed by atoms with Crippen LogP contribution < -0.4 is 27.0 Å². The summed E-state index contributed by atoms with van der Waals surface area (Å²) in [6.45, 7) is 1.09. The number of hydrogen-bond donors (Lipinski definition) is 7. The number of nitrogens with one attached hydrogen (secondary N) is 4. The van der Waals surface area contributed by atoms with E-state index in [1.165, 1.54) is 62.5 Å². The zero-order chi connectivity index (χ0) is 40.8. The number of benzene rings is 1. The average molecular weight is 808 g/mol. The van der Waals surface area contributed by atoms with Crippen LogP contribution in [0, 0.1) is 5.92 Å². The molecular weight excluding hydrogens is 755 g/mol. The van der Waals surface area contributed by atoms with Crippen LogP contribution in [-0.2, 0) is 38.2 Å². The minimum atomic E-state index is -1.01. The van der Waals surface area contributed by atoms with Crippen LogP contribution in [0.25, 0.3) is 6.08 Å². The molecule has 4 amide bonds. The number of allylic oxidation sites excluding steroid dienone is 1. The van der Waals surface area contributed by atoms with Gasteiger partial charge in [-0.05, 0) is 63.6 Å². The molecule has 0 saturated heterocycles. The van der Waals surface area contributed by atoms with Gasteiger partial charge in [-0.3, -0.25) is 29.0 Å². The van der Waals surface area contributed by atoms with Gasteiger partial charge in [0.1, 0.15) is 12.1 Å². The maximum absolute atomic E-state index is 13.2. The number of aromatic hydroxyl groups is 2. The van der Waals surface area contributed by atoms with Gasteiger partial charge in [-0.1, -0.05) is 12.1 Å². The third kappa shape index (κ3) is 18.5. The number of phenolic OH excluding ortho intramolecular Hbond substituents is 2. The molecule has 0 bridgehead atoms. The number of methoxy groups -OCH3 is 2. The number of carbonyl (C=O) groups is 6. The van der Waals surface area contributed by atoms with Crippen molar-refractivity contribution in [1.82, 2.24) is 26.2 Å². The Labute approximate surface area is 329 Å². The van der Waals surface area contributed by atoms with Gasteiger partial charge in [0, 0.05) is 55.6 Å². The zero-order valence-electron chi connectivity index (χ0n) is 31.6. The van der Waals surface area contributed by atoms with Gasteiger partial charge in [-0.15, -0.1) is 11.8 Å². The first kappa shape index (κ1) is 46.6. The van der Waals surface area contributed by atoms with Crippen molar-refractivity contribution in [3.05, 3.63) is 40.9 Å². The summed E-state index contributed by atoms with van der Waals surface area (Å²) in [5.41, 5.74) is 6.44. The highest BCUT2D eigenvalue weighted by Crippen LogP contribution is 2.26. The second kappa shape index (κ2) is 25.5. The average Bonchev–Trinajstić information content (AvgIpc) is 3.17. The van der Waals surface area contributed by atoms with Crippen molar-refractivity contribution in [2.45, 2.75) is 50.2 Å². The fraction of sp³-hybridized carbons (Fsp3) is 0.528. The number of rotatable bonds is 24. The molecule has 0 aromatic heterocycles. The molecular formula is C36H53N7O10S2. The van der Waals surface area contributed by atoms with E-state index in [2.05, 4.69) is 26.3 Å². The molecule has 0 spiro atoms. The first-order valence-electron chi connectivity index (χ1n) is 17.6. The van der Waals surface area contributed by atoms with Gasteiger partial charge < -0.3 is 51.6 Å². The van der Waals surface area contributed by atoms with E-state index in [4.69, 9.17) is 15.2 Å². The third-order valence-corrected chi connectivity index (χ3v) is 10.0. The van der Waals surface area contributed by atoms with Gasteiger partial charge in [0.05, 0.1) is 31.2 Å². The zero-order valence-corrected chi connectivity index (χ0v) is 33.2. The highest BCUT2D eigenvalue weighted by atomic mass is 32.2. The molecule has 1 heterocycles. The number of nitrogens with two attached hydrogens (primary N) is 1. The maximum atomic E-state index is 13.2. The molecule has 0 aliphatic carbocycles. The lowest BCUT2D eigenvalue weighted by Crippen LogP contribution is -2.48. The van der Waals surface area contributed by atoms with Crippen LogP contribution in [0.4, 0.5) is 0 Å². The molecule has 17 nitrogen and oxygen atoms in total. The van der Waals surface area contributed by atoms with Gasteiger partial charge in [-0.25, -0.2) is 4.79 Å². The van der Waals surface area contributed by atoms with Gasteiger partial charge >= 0.3 is 11.9 Å². The Balaban J connectivity index is 1.92. The topological polar surface area (TPSA) is 251 Å². The Hall–Kier alpha value is -4.59. The van der Waals surface area contributed by atoms with Crippen LogP contribution >= 0.6 is 23.5 Å². The molecule has 1 aliphatic heterocycles. The number of thioether (sulfide) groups is 2. The molecule has 0 fully saturated rings. The molecule has 55 heavy (non-hydrogen) atoms. The largest absolute Gasteiger partial charge is 0.504 e. The summed E-state index contributed by atoms with van der Waals surface area (Å²) in [6, 6.07) is 1.36. The highest BCUT2D eigenvalue weighted by molar-refractivity contribution is 8.03. The van der Waals surface area contributed by atoms with Gasteiger partial charge in [-0.2, -0.15) is 11.8 Å². The van der Waals surface area contributed by atoms with Crippen molar-refractivity contribution in [3.8, 4) is 11.5 Å². The monoisotopic (exact) mass is 807 g/mol. The molecule has 4 atom stereocenters. The normalized spacial score (nSPS) is 15.4. The van der Waals surface area contributed by atoms with Gasteiger partial charge in [0.2, 0.25) is 23.6 Å². The van der Waals surface area contributed by atoms with E-state index < -0.39 is 53.7 Å². The molecule has 0 saturated carbocycles. The molecule has 8 N–H and O–H groups in total. The molecule has 19 heteroatoms. The Bertz CT molecular complexity index is 1560. The summed E-state index contributed by atoms with van der Waals surface area (Å²) < 4.78 is 9.56. The minimum Gasteiger partial charge on any atom is -0.504 e. The molecule has 2 rings (SSSR count). The van der Waals surface area contributed by atoms with Crippen molar-refractivity contribution in [2.75, 3.05) is 65.2 Å². The quantitative estimate of drug-likeness (QED) is 0.0326. The first-order chi connectivity index (χ1) is 26.2. The SMILES string of the molecule is COC(=O)C1C=NC(SC[C@H](NC(=O)CCNC(=O)[C@H](CCCCNC(=O)[C@@H](N)CSCCN(C)C)NC(=O)/C=C/c2ccc(O)c(O)c2)C(=O)OC)=CC1. The fourth-order valence-electron chi connectivity index (χ4n) is 4.73. The Kier molecular flexibility index (Phi) is 21.6. The summed E-state index contributed by atoms with van der Waals surface area (Å²) in [5.74, 6) is -2.76. The number of hydrogen-bond acceptors (Lipinski definition) is 15. The van der Waals surface area contributed by atoms with Gasteiger partial charge in [0.25, 0.3) is 0 Å². The van der Waals surface area contributed by atoms with E-state index in [-0.39, 0.29) is 42.5 Å². The van der Waals surface area contributed by atoms with Crippen molar-refractivity contribution in [2.24, 2.45) is 16.6 Å². The summed E-state index contributed by atoms with van der Waals surface area (Å²) in [4.78, 5) is 81.6. The molecule has 304 valence electrons. The number of phenols is 2. The van der Waals surface area contributed by atoms with E-state index >= 15 is 0 Å². The Morgan fingerprint density at radius 1 is 0.982 bits per heavy atom. The summed E-state index contributed by atoms with van der Waals surface area (Å²) >= 11 is 2.79. The maximum Gasteiger partial charge on any atom is 0.329 e. The number of esters is 2. The van der Waals surface area contributed by atoms with E-state index in [0.29, 0.717) is 42.2 Å². The fourth-order valence-corrected chi connectivity index (χ4v) is 6.70. The lowest BCUT2D eigenvalue weighted by atomic mass is 10.1. The number of aliphatic imine (C=N–C) groups is 1. The predicted octanol–water partition coefficient (Wildman–Crippen LogP) is 0.507. The van der Waals surface area contributed by atoms with Crippen LogP contribution in [0.2, 0.25) is 0 Å². The smallest absolute Gasteiger partial charge is 0.329 e.